The fourth-order valence-electron chi connectivity index (χ4n) is 0.112. The van der Waals surface area contributed by atoms with Crippen molar-refractivity contribution in [1.29, 1.82) is 0 Å². The molecule has 3 nitrogen and oxygen atoms in total. The van der Waals surface area contributed by atoms with Gasteiger partial charge in [0.05, 0.1) is 0 Å². The van der Waals surface area contributed by atoms with Crippen LogP contribution in [0.4, 0.5) is 0 Å². The van der Waals surface area contributed by atoms with Gasteiger partial charge in [0.1, 0.15) is 0 Å². The quantitative estimate of drug-likeness (QED) is 0.392. The van der Waals surface area contributed by atoms with Crippen LogP contribution in [0.3, 0.4) is 0 Å². The van der Waals surface area contributed by atoms with E-state index in [4.69, 9.17) is 10.6 Å². The van der Waals surface area contributed by atoms with E-state index >= 15 is 0 Å². The summed E-state index contributed by atoms with van der Waals surface area (Å²) in [5.41, 5.74) is 0. The smallest absolute Gasteiger partial charge is 0.550 e. The van der Waals surface area contributed by atoms with Crippen molar-refractivity contribution in [2.75, 3.05) is 6.61 Å². The fourth-order valence-corrected chi connectivity index (χ4v) is 0.112. The van der Waals surface area contributed by atoms with Crippen LogP contribution in [0, 0.1) is 0 Å². The SMILES string of the molecule is [2H]C([2H])(CO)C([2H])([2H])C(=O)[O-].[Na+]. The molecule has 42 valence electrons. The van der Waals surface area contributed by atoms with Gasteiger partial charge in [0, 0.05) is 18.1 Å². The van der Waals surface area contributed by atoms with Crippen molar-refractivity contribution in [2.24, 2.45) is 0 Å². The Balaban J connectivity index is 0. The van der Waals surface area contributed by atoms with Crippen molar-refractivity contribution in [3.05, 3.63) is 0 Å². The normalized spacial score (nSPS) is 18.6. The first-order chi connectivity index (χ1) is 4.75. The largest absolute Gasteiger partial charge is 1.00 e. The predicted molar refractivity (Wildman–Crippen MR) is 21.3 cm³/mol. The molecule has 0 aromatic carbocycles. The molecular weight excluding hydrogens is 119 g/mol. The van der Waals surface area contributed by atoms with Crippen LogP contribution < -0.4 is 34.7 Å². The summed E-state index contributed by atoms with van der Waals surface area (Å²) < 4.78 is 26.8. The number of hydrogen-bond acceptors (Lipinski definition) is 3. The summed E-state index contributed by atoms with van der Waals surface area (Å²) in [6.07, 6.45) is -5.98. The van der Waals surface area contributed by atoms with E-state index in [-0.39, 0.29) is 29.6 Å². The Labute approximate surface area is 75.6 Å². The van der Waals surface area contributed by atoms with Gasteiger partial charge >= 0.3 is 29.6 Å². The minimum atomic E-state index is -3.16. The average molecular weight is 130 g/mol. The molecule has 1 N–H and O–H groups in total. The summed E-state index contributed by atoms with van der Waals surface area (Å²) >= 11 is 0. The third-order valence-corrected chi connectivity index (χ3v) is 0.270. The van der Waals surface area contributed by atoms with Crippen molar-refractivity contribution < 1.29 is 50.0 Å². The number of hydrogen-bond donors (Lipinski definition) is 1. The Hall–Kier alpha value is 0.430. The number of aliphatic hydroxyl groups excluding tert-OH is 1. The van der Waals surface area contributed by atoms with Gasteiger partial charge in [0.15, 0.2) is 0 Å². The number of carbonyl (C=O) groups is 1. The van der Waals surface area contributed by atoms with E-state index in [0.717, 1.165) is 0 Å². The average Bonchev–Trinajstić information content (AvgIpc) is 1.87. The van der Waals surface area contributed by atoms with E-state index in [1.165, 1.54) is 0 Å². The van der Waals surface area contributed by atoms with Crippen LogP contribution in [0.2, 0.25) is 0 Å². The second-order valence-corrected chi connectivity index (χ2v) is 0.747. The third kappa shape index (κ3) is 9.66. The van der Waals surface area contributed by atoms with Gasteiger partial charge in [-0.2, -0.15) is 0 Å². The fraction of sp³-hybridized carbons (Fsp3) is 0.750. The molecule has 0 unspecified atom stereocenters. The topological polar surface area (TPSA) is 60.4 Å². The van der Waals surface area contributed by atoms with Crippen LogP contribution in [-0.2, 0) is 4.79 Å². The van der Waals surface area contributed by atoms with Gasteiger partial charge < -0.3 is 15.0 Å². The molecule has 0 atom stereocenters. The van der Waals surface area contributed by atoms with Crippen LogP contribution in [0.5, 0.6) is 0 Å². The minimum absolute atomic E-state index is 0. The third-order valence-electron chi connectivity index (χ3n) is 0.270. The summed E-state index contributed by atoms with van der Waals surface area (Å²) in [5, 5.41) is 18.3. The molecule has 0 saturated carbocycles. The molecule has 0 aromatic heterocycles. The van der Waals surface area contributed by atoms with E-state index in [1.54, 1.807) is 0 Å². The van der Waals surface area contributed by atoms with Crippen LogP contribution in [0.25, 0.3) is 0 Å². The molecule has 4 heteroatoms. The van der Waals surface area contributed by atoms with Gasteiger partial charge in [-0.3, -0.25) is 0 Å². The molecule has 0 aliphatic carbocycles. The van der Waals surface area contributed by atoms with Crippen molar-refractivity contribution in [3.8, 4) is 0 Å². The van der Waals surface area contributed by atoms with Gasteiger partial charge in [-0.25, -0.2) is 0 Å². The van der Waals surface area contributed by atoms with Gasteiger partial charge in [0.25, 0.3) is 0 Å². The van der Waals surface area contributed by atoms with Crippen LogP contribution in [0.15, 0.2) is 0 Å². The summed E-state index contributed by atoms with van der Waals surface area (Å²) in [6.45, 7) is -1.20. The van der Waals surface area contributed by atoms with E-state index in [9.17, 15) is 9.90 Å². The summed E-state index contributed by atoms with van der Waals surface area (Å²) in [6, 6.07) is 0. The van der Waals surface area contributed by atoms with Crippen LogP contribution >= 0.6 is 0 Å². The van der Waals surface area contributed by atoms with E-state index in [1.807, 2.05) is 0 Å². The molecule has 0 aromatic rings. The Morgan fingerprint density at radius 1 is 1.88 bits per heavy atom. The molecule has 0 amide bonds. The molecule has 0 saturated heterocycles. The molecule has 0 heterocycles. The van der Waals surface area contributed by atoms with Crippen molar-refractivity contribution in [1.82, 2.24) is 0 Å². The number of aliphatic carboxylic acids is 1. The monoisotopic (exact) mass is 130 g/mol. The molecule has 0 aliphatic heterocycles. The number of aliphatic hydroxyl groups is 1. The number of rotatable bonds is 3. The molecule has 0 spiro atoms. The Morgan fingerprint density at radius 3 is 2.50 bits per heavy atom. The zero-order chi connectivity index (χ0) is 9.28. The number of carboxylic acid groups (broad SMARTS) is 1. The van der Waals surface area contributed by atoms with Gasteiger partial charge in [-0.1, -0.05) is 0 Å². The van der Waals surface area contributed by atoms with E-state index < -0.39 is 25.3 Å². The molecule has 0 aliphatic rings. The Morgan fingerprint density at radius 2 is 2.38 bits per heavy atom. The first-order valence-electron chi connectivity index (χ1n) is 3.58. The summed E-state index contributed by atoms with van der Waals surface area (Å²) in [4.78, 5) is 9.99. The second-order valence-electron chi connectivity index (χ2n) is 0.747. The maximum absolute atomic E-state index is 9.99. The van der Waals surface area contributed by atoms with Crippen LogP contribution in [-0.4, -0.2) is 17.7 Å². The molecule has 0 rings (SSSR count). The van der Waals surface area contributed by atoms with Gasteiger partial charge in [0.2, 0.25) is 0 Å². The molecule has 0 radical (unpaired) electrons. The Kier molecular flexibility index (Phi) is 3.97. The van der Waals surface area contributed by atoms with Crippen molar-refractivity contribution in [2.45, 2.75) is 12.7 Å². The van der Waals surface area contributed by atoms with Crippen molar-refractivity contribution >= 4 is 5.97 Å². The summed E-state index contributed by atoms with van der Waals surface area (Å²) in [5.74, 6) is -2.17. The zero-order valence-corrected chi connectivity index (χ0v) is 6.47. The van der Waals surface area contributed by atoms with E-state index in [0.29, 0.717) is 0 Å². The number of carbonyl (C=O) groups excluding carboxylic acids is 1. The van der Waals surface area contributed by atoms with Gasteiger partial charge in [-0.05, 0) is 12.7 Å². The van der Waals surface area contributed by atoms with Crippen LogP contribution in [0.1, 0.15) is 18.2 Å². The maximum Gasteiger partial charge on any atom is 1.00 e. The zero-order valence-electron chi connectivity index (χ0n) is 8.47. The van der Waals surface area contributed by atoms with Gasteiger partial charge in [-0.15, -0.1) is 0 Å². The summed E-state index contributed by atoms with van der Waals surface area (Å²) in [7, 11) is 0. The predicted octanol–water partition coefficient (Wildman–Crippen LogP) is -4.49. The molecule has 8 heavy (non-hydrogen) atoms. The first-order valence-corrected chi connectivity index (χ1v) is 1.58. The number of carboxylic acids is 1. The molecular formula is C4H7NaO3. The second kappa shape index (κ2) is 7.43. The minimum Gasteiger partial charge on any atom is -0.550 e. The standard InChI is InChI=1S/C4H8O3.Na/c5-3-1-2-4(6)7;/h5H,1-3H2,(H,6,7);/q;+1/p-1/i1D2,2D2;. The molecule has 0 bridgehead atoms. The first kappa shape index (κ1) is 4.28. The molecule has 0 fully saturated rings. The Bertz CT molecular complexity index is 172. The van der Waals surface area contributed by atoms with Crippen molar-refractivity contribution in [3.63, 3.8) is 0 Å². The maximum atomic E-state index is 9.99. The van der Waals surface area contributed by atoms with E-state index in [2.05, 4.69) is 0 Å².